The van der Waals surface area contributed by atoms with E-state index in [0.717, 1.165) is 12.8 Å². The molecule has 21 heavy (non-hydrogen) atoms. The molecule has 0 aromatic carbocycles. The molecule has 4 heterocycles. The Bertz CT molecular complexity index is 534. The van der Waals surface area contributed by atoms with Crippen molar-refractivity contribution < 1.29 is 19.7 Å². The lowest BCUT2D eigenvalue weighted by Gasteiger charge is -2.52. The third-order valence-corrected chi connectivity index (χ3v) is 6.69. The van der Waals surface area contributed by atoms with E-state index in [0.29, 0.717) is 5.88 Å². The zero-order valence-electron chi connectivity index (χ0n) is 12.1. The largest absolute Gasteiger partial charge is 0.396 e. The monoisotopic (exact) mass is 312 g/mol. The second kappa shape index (κ2) is 4.12. The Morgan fingerprint density at radius 3 is 2.38 bits per heavy atom. The molecule has 116 valence electrons. The number of ether oxygens (including phenoxy) is 2. The van der Waals surface area contributed by atoms with E-state index in [4.69, 9.17) is 21.1 Å². The highest BCUT2D eigenvalue weighted by molar-refractivity contribution is 6.17. The van der Waals surface area contributed by atoms with Crippen molar-refractivity contribution in [2.24, 2.45) is 10.8 Å². The highest BCUT2D eigenvalue weighted by Crippen LogP contribution is 2.75. The Morgan fingerprint density at radius 1 is 1.05 bits per heavy atom. The molecule has 0 aromatic rings. The average Bonchev–Trinajstić information content (AvgIpc) is 3.18. The van der Waals surface area contributed by atoms with Gasteiger partial charge in [0.05, 0.1) is 47.5 Å². The second-order valence-electron chi connectivity index (χ2n) is 6.84. The first kappa shape index (κ1) is 14.2. The van der Waals surface area contributed by atoms with Gasteiger partial charge in [-0.3, -0.25) is 0 Å². The summed E-state index contributed by atoms with van der Waals surface area (Å²) in [6.07, 6.45) is 9.20. The van der Waals surface area contributed by atoms with Crippen molar-refractivity contribution in [3.63, 3.8) is 0 Å². The summed E-state index contributed by atoms with van der Waals surface area (Å²) in [4.78, 5) is 0. The maximum absolute atomic E-state index is 10.4. The van der Waals surface area contributed by atoms with E-state index in [1.807, 2.05) is 25.2 Å². The van der Waals surface area contributed by atoms with E-state index in [2.05, 4.69) is 6.08 Å². The number of aliphatic hydroxyl groups excluding tert-OH is 2. The van der Waals surface area contributed by atoms with Crippen molar-refractivity contribution in [3.05, 3.63) is 24.3 Å². The molecule has 4 bridgehead atoms. The van der Waals surface area contributed by atoms with Gasteiger partial charge in [0.2, 0.25) is 0 Å². The molecule has 4 aliphatic rings. The van der Waals surface area contributed by atoms with Crippen LogP contribution >= 0.6 is 11.6 Å². The van der Waals surface area contributed by atoms with E-state index in [1.165, 1.54) is 0 Å². The third-order valence-electron chi connectivity index (χ3n) is 6.43. The molecular formula is C16H21ClO4. The molecular weight excluding hydrogens is 292 g/mol. The number of halogens is 1. The number of hydrogen-bond acceptors (Lipinski definition) is 4. The summed E-state index contributed by atoms with van der Waals surface area (Å²) in [5, 5.41) is 20.7. The molecule has 2 N–H and O–H groups in total. The zero-order chi connectivity index (χ0) is 14.9. The summed E-state index contributed by atoms with van der Waals surface area (Å²) in [7, 11) is 0. The highest BCUT2D eigenvalue weighted by Gasteiger charge is 2.85. The molecule has 6 atom stereocenters. The SMILES string of the molecule is C[C@@]12C=C[C@@H](O1)[C@]1(CO)[C@@]2(CO)[C@H]2C=C[C@]1(CCCCl)O2. The molecule has 0 aliphatic carbocycles. The molecule has 0 aromatic heterocycles. The Morgan fingerprint density at radius 2 is 1.71 bits per heavy atom. The van der Waals surface area contributed by atoms with Crippen LogP contribution in [0.1, 0.15) is 19.8 Å². The Kier molecular flexibility index (Phi) is 2.79. The lowest BCUT2D eigenvalue weighted by molar-refractivity contribution is -0.0986. The van der Waals surface area contributed by atoms with Crippen molar-refractivity contribution in [2.75, 3.05) is 19.1 Å². The van der Waals surface area contributed by atoms with Gasteiger partial charge < -0.3 is 19.7 Å². The maximum Gasteiger partial charge on any atom is 0.0986 e. The van der Waals surface area contributed by atoms with Gasteiger partial charge in [-0.25, -0.2) is 0 Å². The van der Waals surface area contributed by atoms with Crippen LogP contribution in [0.4, 0.5) is 0 Å². The minimum atomic E-state index is -0.635. The van der Waals surface area contributed by atoms with Gasteiger partial charge >= 0.3 is 0 Å². The number of fused-ring (bicyclic) bond motifs is 9. The first-order valence-corrected chi connectivity index (χ1v) is 8.11. The third kappa shape index (κ3) is 1.19. The number of rotatable bonds is 5. The fourth-order valence-electron chi connectivity index (χ4n) is 5.50. The molecule has 0 saturated carbocycles. The molecule has 2 fully saturated rings. The molecule has 0 radical (unpaired) electrons. The molecule has 4 rings (SSSR count). The van der Waals surface area contributed by atoms with Crippen molar-refractivity contribution in [2.45, 2.75) is 43.2 Å². The van der Waals surface area contributed by atoms with E-state index in [9.17, 15) is 10.2 Å². The van der Waals surface area contributed by atoms with Crippen LogP contribution in [0.3, 0.4) is 0 Å². The highest BCUT2D eigenvalue weighted by atomic mass is 35.5. The van der Waals surface area contributed by atoms with Gasteiger partial charge in [-0.05, 0) is 19.8 Å². The standard InChI is InChI=1S/C16H21ClO4/c1-13-6-3-12(20-13)16(10-19)14(5-2-8-17)7-4-11(21-14)15(13,16)9-18/h3-4,6-7,11-12,18-19H,2,5,8-10H2,1H3/t11-,12-,13+,14+,15+,16+/m1/s1. The van der Waals surface area contributed by atoms with Crippen molar-refractivity contribution in [3.8, 4) is 0 Å². The van der Waals surface area contributed by atoms with Gasteiger partial charge in [0.25, 0.3) is 0 Å². The van der Waals surface area contributed by atoms with Gasteiger partial charge in [0.15, 0.2) is 0 Å². The van der Waals surface area contributed by atoms with Gasteiger partial charge in [-0.1, -0.05) is 24.3 Å². The van der Waals surface area contributed by atoms with E-state index >= 15 is 0 Å². The van der Waals surface area contributed by atoms with Crippen LogP contribution in [0, 0.1) is 10.8 Å². The number of alkyl halides is 1. The predicted octanol–water partition coefficient (Wildman–Crippen LogP) is 1.40. The minimum Gasteiger partial charge on any atom is -0.396 e. The summed E-state index contributed by atoms with van der Waals surface area (Å²) in [6, 6.07) is 0. The van der Waals surface area contributed by atoms with E-state index in [-0.39, 0.29) is 25.4 Å². The number of hydrogen-bond donors (Lipinski definition) is 2. The van der Waals surface area contributed by atoms with E-state index < -0.39 is 22.0 Å². The smallest absolute Gasteiger partial charge is 0.0986 e. The summed E-state index contributed by atoms with van der Waals surface area (Å²) >= 11 is 5.88. The summed E-state index contributed by atoms with van der Waals surface area (Å²) in [5.41, 5.74) is -2.47. The average molecular weight is 313 g/mol. The first-order chi connectivity index (χ1) is 10.1. The summed E-state index contributed by atoms with van der Waals surface area (Å²) in [6.45, 7) is 1.86. The van der Waals surface area contributed by atoms with Crippen molar-refractivity contribution in [1.82, 2.24) is 0 Å². The fourth-order valence-corrected chi connectivity index (χ4v) is 5.63. The molecule has 4 nitrogen and oxygen atoms in total. The Labute approximate surface area is 129 Å². The van der Waals surface area contributed by atoms with Gasteiger partial charge in [0, 0.05) is 5.88 Å². The van der Waals surface area contributed by atoms with Crippen LogP contribution in [-0.2, 0) is 9.47 Å². The molecule has 0 unspecified atom stereocenters. The van der Waals surface area contributed by atoms with Gasteiger partial charge in [-0.15, -0.1) is 11.6 Å². The molecule has 0 spiro atoms. The van der Waals surface area contributed by atoms with Crippen molar-refractivity contribution in [1.29, 1.82) is 0 Å². The minimum absolute atomic E-state index is 0.0669. The lowest BCUT2D eigenvalue weighted by atomic mass is 9.46. The molecule has 4 aliphatic heterocycles. The fraction of sp³-hybridized carbons (Fsp3) is 0.750. The van der Waals surface area contributed by atoms with Crippen LogP contribution in [-0.4, -0.2) is 52.7 Å². The van der Waals surface area contributed by atoms with Crippen molar-refractivity contribution >= 4 is 11.6 Å². The van der Waals surface area contributed by atoms with Crippen LogP contribution in [0.25, 0.3) is 0 Å². The molecule has 5 heteroatoms. The van der Waals surface area contributed by atoms with Gasteiger partial charge in [0.1, 0.15) is 0 Å². The molecule has 2 saturated heterocycles. The second-order valence-corrected chi connectivity index (χ2v) is 7.22. The van der Waals surface area contributed by atoms with E-state index in [1.54, 1.807) is 0 Å². The predicted molar refractivity (Wildman–Crippen MR) is 78.2 cm³/mol. The zero-order valence-corrected chi connectivity index (χ0v) is 12.8. The Balaban J connectivity index is 1.92. The van der Waals surface area contributed by atoms with Gasteiger partial charge in [-0.2, -0.15) is 0 Å². The van der Waals surface area contributed by atoms with Crippen LogP contribution in [0.2, 0.25) is 0 Å². The number of aliphatic hydroxyl groups is 2. The molecule has 0 amide bonds. The summed E-state index contributed by atoms with van der Waals surface area (Å²) < 4.78 is 12.6. The first-order valence-electron chi connectivity index (χ1n) is 7.58. The maximum atomic E-state index is 10.4. The van der Waals surface area contributed by atoms with Crippen LogP contribution in [0.5, 0.6) is 0 Å². The topological polar surface area (TPSA) is 58.9 Å². The lowest BCUT2D eigenvalue weighted by Crippen LogP contribution is -2.65. The Hall–Kier alpha value is -0.390. The van der Waals surface area contributed by atoms with Crippen LogP contribution in [0.15, 0.2) is 24.3 Å². The quantitative estimate of drug-likeness (QED) is 0.595. The normalized spacial score (nSPS) is 55.6. The summed E-state index contributed by atoms with van der Waals surface area (Å²) in [5.74, 6) is 0.551. The van der Waals surface area contributed by atoms with Crippen LogP contribution < -0.4 is 0 Å².